The van der Waals surface area contributed by atoms with Crippen LogP contribution < -0.4 is 15.4 Å². The first-order chi connectivity index (χ1) is 9.63. The molecule has 2 rings (SSSR count). The molecular weight excluding hydrogens is 252 g/mol. The molecule has 4 heteroatoms. The third kappa shape index (κ3) is 4.85. The van der Waals surface area contributed by atoms with E-state index in [1.54, 1.807) is 0 Å². The number of benzene rings is 1. The third-order valence-corrected chi connectivity index (χ3v) is 3.46. The SMILES string of the molecule is CC(C)CCOc1ccc(CNC2CNC(=O)C2)cc1. The van der Waals surface area contributed by atoms with Gasteiger partial charge in [0, 0.05) is 25.6 Å². The Labute approximate surface area is 120 Å². The fourth-order valence-electron chi connectivity index (χ4n) is 2.13. The van der Waals surface area contributed by atoms with E-state index in [1.165, 1.54) is 5.56 Å². The van der Waals surface area contributed by atoms with Gasteiger partial charge in [-0.25, -0.2) is 0 Å². The Hall–Kier alpha value is -1.55. The molecule has 0 bridgehead atoms. The fraction of sp³-hybridized carbons (Fsp3) is 0.562. The summed E-state index contributed by atoms with van der Waals surface area (Å²) in [4.78, 5) is 11.1. The summed E-state index contributed by atoms with van der Waals surface area (Å²) in [5.41, 5.74) is 1.21. The highest BCUT2D eigenvalue weighted by Gasteiger charge is 2.20. The van der Waals surface area contributed by atoms with Crippen molar-refractivity contribution in [2.45, 2.75) is 39.3 Å². The second-order valence-electron chi connectivity index (χ2n) is 5.76. The molecule has 0 aliphatic carbocycles. The number of nitrogens with one attached hydrogen (secondary N) is 2. The van der Waals surface area contributed by atoms with Crippen molar-refractivity contribution in [3.05, 3.63) is 29.8 Å². The van der Waals surface area contributed by atoms with Crippen LogP contribution in [0, 0.1) is 5.92 Å². The van der Waals surface area contributed by atoms with E-state index < -0.39 is 0 Å². The molecule has 1 aromatic rings. The number of rotatable bonds is 7. The second-order valence-corrected chi connectivity index (χ2v) is 5.76. The van der Waals surface area contributed by atoms with Gasteiger partial charge in [0.1, 0.15) is 5.75 Å². The van der Waals surface area contributed by atoms with E-state index in [-0.39, 0.29) is 11.9 Å². The van der Waals surface area contributed by atoms with Gasteiger partial charge in [0.25, 0.3) is 0 Å². The van der Waals surface area contributed by atoms with E-state index in [0.29, 0.717) is 12.3 Å². The molecule has 20 heavy (non-hydrogen) atoms. The molecular formula is C16H24N2O2. The molecule has 1 amide bonds. The molecule has 1 heterocycles. The van der Waals surface area contributed by atoms with Crippen LogP contribution in [-0.4, -0.2) is 25.1 Å². The zero-order valence-corrected chi connectivity index (χ0v) is 12.3. The van der Waals surface area contributed by atoms with Crippen molar-refractivity contribution in [1.29, 1.82) is 0 Å². The standard InChI is InChI=1S/C16H24N2O2/c1-12(2)7-8-20-15-5-3-13(4-6-15)10-17-14-9-16(19)18-11-14/h3-6,12,14,17H,7-11H2,1-2H3,(H,18,19). The van der Waals surface area contributed by atoms with E-state index in [9.17, 15) is 4.79 Å². The van der Waals surface area contributed by atoms with Crippen molar-refractivity contribution in [3.8, 4) is 5.75 Å². The molecule has 1 unspecified atom stereocenters. The van der Waals surface area contributed by atoms with Gasteiger partial charge in [-0.3, -0.25) is 4.79 Å². The Kier molecular flexibility index (Phi) is 5.41. The predicted octanol–water partition coefficient (Wildman–Crippen LogP) is 2.09. The Morgan fingerprint density at radius 2 is 2.10 bits per heavy atom. The Balaban J connectivity index is 1.72. The van der Waals surface area contributed by atoms with Crippen molar-refractivity contribution in [2.24, 2.45) is 5.92 Å². The number of amides is 1. The Morgan fingerprint density at radius 3 is 2.70 bits per heavy atom. The number of hydrogen-bond acceptors (Lipinski definition) is 3. The number of ether oxygens (including phenoxy) is 1. The summed E-state index contributed by atoms with van der Waals surface area (Å²) >= 11 is 0. The smallest absolute Gasteiger partial charge is 0.221 e. The van der Waals surface area contributed by atoms with Gasteiger partial charge in [0.15, 0.2) is 0 Å². The molecule has 1 aliphatic rings. The summed E-state index contributed by atoms with van der Waals surface area (Å²) in [5.74, 6) is 1.73. The van der Waals surface area contributed by atoms with Crippen LogP contribution in [0.3, 0.4) is 0 Å². The summed E-state index contributed by atoms with van der Waals surface area (Å²) in [7, 11) is 0. The summed E-state index contributed by atoms with van der Waals surface area (Å²) in [5, 5.41) is 6.21. The normalized spacial score (nSPS) is 18.4. The minimum atomic E-state index is 0.136. The van der Waals surface area contributed by atoms with Crippen LogP contribution in [0.15, 0.2) is 24.3 Å². The van der Waals surface area contributed by atoms with Gasteiger partial charge in [-0.1, -0.05) is 26.0 Å². The summed E-state index contributed by atoms with van der Waals surface area (Å²) < 4.78 is 5.69. The molecule has 110 valence electrons. The monoisotopic (exact) mass is 276 g/mol. The lowest BCUT2D eigenvalue weighted by Crippen LogP contribution is -2.30. The van der Waals surface area contributed by atoms with Crippen LogP contribution >= 0.6 is 0 Å². The average molecular weight is 276 g/mol. The van der Waals surface area contributed by atoms with Crippen LogP contribution in [0.1, 0.15) is 32.3 Å². The first kappa shape index (κ1) is 14.9. The van der Waals surface area contributed by atoms with Gasteiger partial charge >= 0.3 is 0 Å². The molecule has 1 aliphatic heterocycles. The van der Waals surface area contributed by atoms with E-state index in [0.717, 1.165) is 31.9 Å². The zero-order chi connectivity index (χ0) is 14.4. The summed E-state index contributed by atoms with van der Waals surface area (Å²) in [6.07, 6.45) is 1.66. The minimum Gasteiger partial charge on any atom is -0.494 e. The van der Waals surface area contributed by atoms with Gasteiger partial charge in [-0.2, -0.15) is 0 Å². The molecule has 1 atom stereocenters. The molecule has 1 saturated heterocycles. The first-order valence-electron chi connectivity index (χ1n) is 7.35. The topological polar surface area (TPSA) is 50.4 Å². The molecule has 2 N–H and O–H groups in total. The minimum absolute atomic E-state index is 0.136. The maximum Gasteiger partial charge on any atom is 0.221 e. The Bertz CT molecular complexity index is 429. The summed E-state index contributed by atoms with van der Waals surface area (Å²) in [6.45, 7) is 6.67. The highest BCUT2D eigenvalue weighted by molar-refractivity contribution is 5.78. The molecule has 4 nitrogen and oxygen atoms in total. The molecule has 0 radical (unpaired) electrons. The quantitative estimate of drug-likeness (QED) is 0.802. The van der Waals surface area contributed by atoms with Gasteiger partial charge in [-0.15, -0.1) is 0 Å². The zero-order valence-electron chi connectivity index (χ0n) is 12.3. The van der Waals surface area contributed by atoms with Crippen LogP contribution in [0.4, 0.5) is 0 Å². The molecule has 1 fully saturated rings. The lowest BCUT2D eigenvalue weighted by atomic mass is 10.1. The second kappa shape index (κ2) is 7.29. The highest BCUT2D eigenvalue weighted by Crippen LogP contribution is 2.13. The molecule has 0 spiro atoms. The van der Waals surface area contributed by atoms with Crippen molar-refractivity contribution >= 4 is 5.91 Å². The van der Waals surface area contributed by atoms with Gasteiger partial charge < -0.3 is 15.4 Å². The van der Waals surface area contributed by atoms with Crippen molar-refractivity contribution in [1.82, 2.24) is 10.6 Å². The fourth-order valence-corrected chi connectivity index (χ4v) is 2.13. The maximum atomic E-state index is 11.1. The largest absolute Gasteiger partial charge is 0.494 e. The van der Waals surface area contributed by atoms with Crippen LogP contribution in [-0.2, 0) is 11.3 Å². The lowest BCUT2D eigenvalue weighted by Gasteiger charge is -2.11. The van der Waals surface area contributed by atoms with E-state index >= 15 is 0 Å². The lowest BCUT2D eigenvalue weighted by molar-refractivity contribution is -0.119. The van der Waals surface area contributed by atoms with Gasteiger partial charge in [0.05, 0.1) is 6.61 Å². The maximum absolute atomic E-state index is 11.1. The van der Waals surface area contributed by atoms with Crippen LogP contribution in [0.2, 0.25) is 0 Å². The number of carbonyl (C=O) groups is 1. The van der Waals surface area contributed by atoms with Crippen LogP contribution in [0.25, 0.3) is 0 Å². The summed E-state index contributed by atoms with van der Waals surface area (Å²) in [6, 6.07) is 8.42. The van der Waals surface area contributed by atoms with Gasteiger partial charge in [0.2, 0.25) is 5.91 Å². The van der Waals surface area contributed by atoms with Crippen molar-refractivity contribution in [2.75, 3.05) is 13.2 Å². The van der Waals surface area contributed by atoms with Crippen molar-refractivity contribution < 1.29 is 9.53 Å². The predicted molar refractivity (Wildman–Crippen MR) is 79.6 cm³/mol. The van der Waals surface area contributed by atoms with Gasteiger partial charge in [-0.05, 0) is 30.0 Å². The van der Waals surface area contributed by atoms with E-state index in [1.807, 2.05) is 12.1 Å². The Morgan fingerprint density at radius 1 is 1.35 bits per heavy atom. The third-order valence-electron chi connectivity index (χ3n) is 3.46. The molecule has 1 aromatic carbocycles. The van der Waals surface area contributed by atoms with E-state index in [2.05, 4.69) is 36.6 Å². The number of hydrogen-bond donors (Lipinski definition) is 2. The van der Waals surface area contributed by atoms with Crippen molar-refractivity contribution in [3.63, 3.8) is 0 Å². The molecule has 0 saturated carbocycles. The first-order valence-corrected chi connectivity index (χ1v) is 7.35. The van der Waals surface area contributed by atoms with E-state index in [4.69, 9.17) is 4.74 Å². The molecule has 0 aromatic heterocycles. The number of carbonyl (C=O) groups excluding carboxylic acids is 1. The highest BCUT2D eigenvalue weighted by atomic mass is 16.5. The average Bonchev–Trinajstić information content (AvgIpc) is 2.83. The van der Waals surface area contributed by atoms with Crippen LogP contribution in [0.5, 0.6) is 5.75 Å².